The van der Waals surface area contributed by atoms with Crippen molar-refractivity contribution in [1.82, 2.24) is 4.57 Å². The molecule has 1 saturated heterocycles. The molecule has 0 aliphatic carbocycles. The SMILES string of the molecule is COc1ccc(-c2c(O)ccn([C@@H]3O[C@H](COC(C)=O)[C@@H](OC(C)=O)[C@H]3OC(C)=O)c2=O)cc1OC. The Hall–Kier alpha value is -4.06. The van der Waals surface area contributed by atoms with Crippen LogP contribution in [0, 0.1) is 0 Å². The van der Waals surface area contributed by atoms with Crippen molar-refractivity contribution in [2.75, 3.05) is 20.8 Å². The Morgan fingerprint density at radius 2 is 1.58 bits per heavy atom. The van der Waals surface area contributed by atoms with E-state index in [9.17, 15) is 24.3 Å². The lowest BCUT2D eigenvalue weighted by molar-refractivity contribution is -0.166. The Morgan fingerprint density at radius 3 is 2.17 bits per heavy atom. The van der Waals surface area contributed by atoms with E-state index in [0.717, 1.165) is 18.4 Å². The summed E-state index contributed by atoms with van der Waals surface area (Å²) in [5, 5.41) is 10.5. The second kappa shape index (κ2) is 11.1. The van der Waals surface area contributed by atoms with Gasteiger partial charge in [-0.15, -0.1) is 0 Å². The highest BCUT2D eigenvalue weighted by Crippen LogP contribution is 2.37. The van der Waals surface area contributed by atoms with E-state index in [4.69, 9.17) is 28.4 Å². The number of rotatable bonds is 8. The molecule has 0 bridgehead atoms. The van der Waals surface area contributed by atoms with Gasteiger partial charge in [0.05, 0.1) is 19.8 Å². The first-order valence-electron chi connectivity index (χ1n) is 10.9. The zero-order valence-corrected chi connectivity index (χ0v) is 20.4. The summed E-state index contributed by atoms with van der Waals surface area (Å²) in [5.41, 5.74) is -0.463. The molecule has 1 N–H and O–H groups in total. The number of benzene rings is 1. The predicted molar refractivity (Wildman–Crippen MR) is 123 cm³/mol. The first-order chi connectivity index (χ1) is 17.1. The average Bonchev–Trinajstić information content (AvgIpc) is 3.13. The van der Waals surface area contributed by atoms with Crippen molar-refractivity contribution in [2.45, 2.75) is 45.3 Å². The molecule has 0 spiro atoms. The minimum Gasteiger partial charge on any atom is -0.507 e. The van der Waals surface area contributed by atoms with Gasteiger partial charge in [0.15, 0.2) is 29.9 Å². The lowest BCUT2D eigenvalue weighted by atomic mass is 10.0. The fourth-order valence-electron chi connectivity index (χ4n) is 3.92. The van der Waals surface area contributed by atoms with E-state index in [2.05, 4.69) is 0 Å². The van der Waals surface area contributed by atoms with Gasteiger partial charge in [-0.3, -0.25) is 23.7 Å². The van der Waals surface area contributed by atoms with Gasteiger partial charge in [0.25, 0.3) is 5.56 Å². The number of hydrogen-bond acceptors (Lipinski definition) is 11. The number of carbonyl (C=O) groups is 3. The van der Waals surface area contributed by atoms with Crippen LogP contribution in [0.1, 0.15) is 27.0 Å². The van der Waals surface area contributed by atoms with Gasteiger partial charge in [-0.05, 0) is 23.8 Å². The molecule has 0 unspecified atom stereocenters. The summed E-state index contributed by atoms with van der Waals surface area (Å²) in [4.78, 5) is 48.6. The van der Waals surface area contributed by atoms with Gasteiger partial charge in [0, 0.05) is 27.0 Å². The summed E-state index contributed by atoms with van der Waals surface area (Å²) in [6, 6.07) is 5.92. The Kier molecular flexibility index (Phi) is 8.20. The largest absolute Gasteiger partial charge is 0.507 e. The number of hydrogen-bond donors (Lipinski definition) is 1. The number of nitrogens with zero attached hydrogens (tertiary/aromatic N) is 1. The molecular formula is C24H27NO11. The summed E-state index contributed by atoms with van der Waals surface area (Å²) in [7, 11) is 2.89. The molecule has 1 fully saturated rings. The van der Waals surface area contributed by atoms with Gasteiger partial charge in [0.1, 0.15) is 18.5 Å². The van der Waals surface area contributed by atoms with Gasteiger partial charge >= 0.3 is 17.9 Å². The fraction of sp³-hybridized carbons (Fsp3) is 0.417. The maximum atomic E-state index is 13.6. The molecule has 1 aromatic heterocycles. The van der Waals surface area contributed by atoms with Crippen LogP contribution >= 0.6 is 0 Å². The van der Waals surface area contributed by atoms with Crippen molar-refractivity contribution in [3.8, 4) is 28.4 Å². The van der Waals surface area contributed by atoms with Crippen LogP contribution in [-0.4, -0.2) is 66.7 Å². The van der Waals surface area contributed by atoms with Crippen molar-refractivity contribution >= 4 is 17.9 Å². The Balaban J connectivity index is 2.11. The Bertz CT molecular complexity index is 1210. The number of aromatic hydroxyl groups is 1. The maximum absolute atomic E-state index is 13.6. The smallest absolute Gasteiger partial charge is 0.303 e. The van der Waals surface area contributed by atoms with Crippen molar-refractivity contribution in [3.63, 3.8) is 0 Å². The molecule has 3 rings (SSSR count). The van der Waals surface area contributed by atoms with Crippen LogP contribution in [0.3, 0.4) is 0 Å². The Labute approximate surface area is 206 Å². The molecule has 4 atom stereocenters. The number of pyridine rings is 1. The van der Waals surface area contributed by atoms with Crippen molar-refractivity contribution in [1.29, 1.82) is 0 Å². The summed E-state index contributed by atoms with van der Waals surface area (Å²) in [6.45, 7) is 3.17. The zero-order valence-electron chi connectivity index (χ0n) is 20.4. The van der Waals surface area contributed by atoms with Crippen molar-refractivity contribution in [2.24, 2.45) is 0 Å². The van der Waals surface area contributed by atoms with E-state index in [1.54, 1.807) is 12.1 Å². The van der Waals surface area contributed by atoms with Crippen LogP contribution in [-0.2, 0) is 33.3 Å². The van der Waals surface area contributed by atoms with E-state index < -0.39 is 48.0 Å². The Morgan fingerprint density at radius 1 is 0.944 bits per heavy atom. The first-order valence-corrected chi connectivity index (χ1v) is 10.9. The standard InChI is InChI=1S/C24H27NO11/c1-12(26)33-11-19-21(34-13(2)27)22(35-14(3)28)24(36-19)25-9-8-16(29)20(23(25)30)15-6-7-17(31-4)18(10-15)32-5/h6-10,19,21-22,24,29H,11H2,1-5H3/t19-,21-,22-,24-/m1/s1. The third-order valence-electron chi connectivity index (χ3n) is 5.38. The fourth-order valence-corrected chi connectivity index (χ4v) is 3.92. The number of aromatic nitrogens is 1. The third kappa shape index (κ3) is 5.60. The molecule has 2 aromatic rings. The number of methoxy groups -OCH3 is 2. The predicted octanol–water partition coefficient (Wildman–Crippen LogP) is 1.56. The average molecular weight is 505 g/mol. The van der Waals surface area contributed by atoms with Gasteiger partial charge in [0.2, 0.25) is 0 Å². The lowest BCUT2D eigenvalue weighted by Crippen LogP contribution is -2.41. The van der Waals surface area contributed by atoms with E-state index in [-0.39, 0.29) is 17.9 Å². The van der Waals surface area contributed by atoms with E-state index in [1.807, 2.05) is 0 Å². The minimum absolute atomic E-state index is 0.0869. The minimum atomic E-state index is -1.27. The first kappa shape index (κ1) is 26.5. The summed E-state index contributed by atoms with van der Waals surface area (Å²) in [5.74, 6) is -1.59. The van der Waals surface area contributed by atoms with Crippen LogP contribution < -0.4 is 15.0 Å². The molecule has 12 nitrogen and oxygen atoms in total. The maximum Gasteiger partial charge on any atom is 0.303 e. The molecule has 194 valence electrons. The van der Waals surface area contributed by atoms with E-state index in [0.29, 0.717) is 17.1 Å². The van der Waals surface area contributed by atoms with E-state index in [1.165, 1.54) is 39.5 Å². The van der Waals surface area contributed by atoms with Crippen LogP contribution in [0.2, 0.25) is 0 Å². The van der Waals surface area contributed by atoms with Crippen LogP contribution in [0.4, 0.5) is 0 Å². The van der Waals surface area contributed by atoms with Crippen molar-refractivity contribution < 1.29 is 47.9 Å². The lowest BCUT2D eigenvalue weighted by Gasteiger charge is -2.24. The zero-order chi connectivity index (χ0) is 26.6. The molecular weight excluding hydrogens is 478 g/mol. The number of esters is 3. The second-order valence-corrected chi connectivity index (χ2v) is 7.87. The van der Waals surface area contributed by atoms with Gasteiger partial charge in [-0.2, -0.15) is 0 Å². The normalized spacial score (nSPS) is 20.9. The van der Waals surface area contributed by atoms with Gasteiger partial charge < -0.3 is 33.5 Å². The number of ether oxygens (including phenoxy) is 6. The quantitative estimate of drug-likeness (QED) is 0.411. The highest BCUT2D eigenvalue weighted by atomic mass is 16.7. The molecule has 1 aliphatic heterocycles. The highest BCUT2D eigenvalue weighted by Gasteiger charge is 2.51. The molecule has 2 heterocycles. The molecule has 0 amide bonds. The van der Waals surface area contributed by atoms with Gasteiger partial charge in [-0.25, -0.2) is 0 Å². The summed E-state index contributed by atoms with van der Waals surface area (Å²) >= 11 is 0. The van der Waals surface area contributed by atoms with Gasteiger partial charge in [-0.1, -0.05) is 6.07 Å². The second-order valence-electron chi connectivity index (χ2n) is 7.87. The topological polar surface area (TPSA) is 149 Å². The van der Waals surface area contributed by atoms with Crippen molar-refractivity contribution in [3.05, 3.63) is 40.8 Å². The van der Waals surface area contributed by atoms with E-state index >= 15 is 0 Å². The van der Waals surface area contributed by atoms with Crippen LogP contribution in [0.15, 0.2) is 35.3 Å². The molecule has 12 heteroatoms. The molecule has 36 heavy (non-hydrogen) atoms. The van der Waals surface area contributed by atoms with Crippen LogP contribution in [0.25, 0.3) is 11.1 Å². The summed E-state index contributed by atoms with van der Waals surface area (Å²) in [6.07, 6.45) is -3.50. The molecule has 0 radical (unpaired) electrons. The monoisotopic (exact) mass is 505 g/mol. The molecule has 0 saturated carbocycles. The third-order valence-corrected chi connectivity index (χ3v) is 5.38. The number of carbonyl (C=O) groups excluding carboxylic acids is 3. The summed E-state index contributed by atoms with van der Waals surface area (Å²) < 4.78 is 33.3. The molecule has 1 aliphatic rings. The highest BCUT2D eigenvalue weighted by molar-refractivity contribution is 5.72. The van der Waals surface area contributed by atoms with Crippen LogP contribution in [0.5, 0.6) is 17.2 Å². The molecule has 1 aromatic carbocycles.